The molecule has 2 rings (SSSR count). The molecule has 0 N–H and O–H groups in total. The molecule has 18 heavy (non-hydrogen) atoms. The van der Waals surface area contributed by atoms with Crippen molar-refractivity contribution in [2.24, 2.45) is 0 Å². The van der Waals surface area contributed by atoms with Gasteiger partial charge in [-0.1, -0.05) is 36.8 Å². The Balaban J connectivity index is 0.000000280. The summed E-state index contributed by atoms with van der Waals surface area (Å²) in [6.07, 6.45) is 2.53. The van der Waals surface area contributed by atoms with Crippen LogP contribution in [-0.2, 0) is 6.54 Å². The second kappa shape index (κ2) is 6.73. The lowest BCUT2D eigenvalue weighted by Gasteiger charge is -1.94. The topological polar surface area (TPSA) is 3.88 Å². The fraction of sp³-hybridized carbons (Fsp3) is 0.364. The van der Waals surface area contributed by atoms with E-state index in [0.717, 1.165) is 6.54 Å². The van der Waals surface area contributed by atoms with Crippen LogP contribution in [0.4, 0.5) is 17.3 Å². The van der Waals surface area contributed by atoms with E-state index in [2.05, 4.69) is 41.3 Å². The quantitative estimate of drug-likeness (QED) is 0.448. The second-order valence-electron chi connectivity index (χ2n) is 3.73. The zero-order valence-corrected chi connectivity index (χ0v) is 10.8. The minimum absolute atomic E-state index is 1.15. The predicted octanol–water partition coefficient (Wildman–Crippen LogP) is 4.29. The largest absolute Gasteiger partial charge is 0.673 e. The molecule has 0 saturated heterocycles. The van der Waals surface area contributed by atoms with Gasteiger partial charge in [0.25, 0.3) is 0 Å². The van der Waals surface area contributed by atoms with Gasteiger partial charge in [-0.3, -0.25) is 0 Å². The van der Waals surface area contributed by atoms with E-state index >= 15 is 0 Å². The third kappa shape index (κ3) is 5.49. The van der Waals surface area contributed by atoms with E-state index in [1.54, 1.807) is 0 Å². The molecule has 7 heteroatoms. The molecule has 0 unspecified atom stereocenters. The molecular weight excluding hydrogens is 265 g/mol. The number of aromatic nitrogens is 1. The van der Waals surface area contributed by atoms with Crippen LogP contribution < -0.4 is 4.57 Å². The second-order valence-corrected chi connectivity index (χ2v) is 4.62. The maximum Gasteiger partial charge on any atom is 0.673 e. The van der Waals surface area contributed by atoms with Gasteiger partial charge < -0.3 is 17.3 Å². The Bertz CT molecular complexity index is 477. The van der Waals surface area contributed by atoms with E-state index in [1.807, 2.05) is 11.3 Å². The van der Waals surface area contributed by atoms with Gasteiger partial charge in [0.05, 0.1) is 0 Å². The Morgan fingerprint density at radius 1 is 1.17 bits per heavy atom. The summed E-state index contributed by atoms with van der Waals surface area (Å²) in [7, 11) is -6.00. The number of benzene rings is 1. The predicted molar refractivity (Wildman–Crippen MR) is 67.1 cm³/mol. The minimum atomic E-state index is -6.00. The number of thiazole rings is 1. The first-order chi connectivity index (χ1) is 8.42. The first-order valence-electron chi connectivity index (χ1n) is 5.65. The van der Waals surface area contributed by atoms with Crippen LogP contribution >= 0.6 is 11.3 Å². The van der Waals surface area contributed by atoms with Gasteiger partial charge in [-0.15, -0.1) is 0 Å². The Hall–Kier alpha value is -1.11. The minimum Gasteiger partial charge on any atom is -0.418 e. The third-order valence-corrected chi connectivity index (χ3v) is 3.19. The number of aryl methyl sites for hydroxylation is 1. The van der Waals surface area contributed by atoms with Crippen LogP contribution in [0.5, 0.6) is 0 Å². The highest BCUT2D eigenvalue weighted by atomic mass is 32.1. The van der Waals surface area contributed by atoms with Crippen molar-refractivity contribution < 1.29 is 21.8 Å². The highest BCUT2D eigenvalue weighted by molar-refractivity contribution is 7.16. The lowest BCUT2D eigenvalue weighted by molar-refractivity contribution is -0.667. The van der Waals surface area contributed by atoms with E-state index in [0.29, 0.717) is 0 Å². The SMILES string of the molecule is CCCC[n+]1csc2ccccc21.F[B-](F)(F)F. The zero-order chi connectivity index (χ0) is 13.6. The summed E-state index contributed by atoms with van der Waals surface area (Å²) < 4.78 is 42.7. The molecule has 1 aromatic carbocycles. The summed E-state index contributed by atoms with van der Waals surface area (Å²) in [6.45, 7) is 3.38. The lowest BCUT2D eigenvalue weighted by Crippen LogP contribution is -2.31. The Morgan fingerprint density at radius 3 is 2.39 bits per heavy atom. The van der Waals surface area contributed by atoms with Crippen LogP contribution in [0.3, 0.4) is 0 Å². The van der Waals surface area contributed by atoms with Gasteiger partial charge in [0, 0.05) is 12.5 Å². The summed E-state index contributed by atoms with van der Waals surface area (Å²) in [5.74, 6) is 0. The maximum absolute atomic E-state index is 9.75. The van der Waals surface area contributed by atoms with Gasteiger partial charge in [0.15, 0.2) is 0 Å². The molecule has 1 nitrogen and oxygen atoms in total. The maximum atomic E-state index is 9.75. The number of nitrogens with zero attached hydrogens (tertiary/aromatic N) is 1. The highest BCUT2D eigenvalue weighted by Gasteiger charge is 2.20. The molecule has 0 spiro atoms. The molecule has 1 aromatic heterocycles. The molecule has 1 heterocycles. The molecule has 0 radical (unpaired) electrons. The van der Waals surface area contributed by atoms with E-state index in [-0.39, 0.29) is 0 Å². The number of halogens is 4. The van der Waals surface area contributed by atoms with Crippen LogP contribution in [-0.4, -0.2) is 7.25 Å². The van der Waals surface area contributed by atoms with Gasteiger partial charge in [0.2, 0.25) is 11.0 Å². The molecular formula is C11H14BF4NS. The average Bonchev–Trinajstić information content (AvgIpc) is 2.67. The van der Waals surface area contributed by atoms with E-state index in [4.69, 9.17) is 0 Å². The third-order valence-electron chi connectivity index (χ3n) is 2.23. The molecule has 0 aliphatic carbocycles. The number of para-hydroxylation sites is 1. The van der Waals surface area contributed by atoms with Gasteiger partial charge in [-0.25, -0.2) is 0 Å². The molecule has 0 saturated carbocycles. The highest BCUT2D eigenvalue weighted by Crippen LogP contribution is 2.15. The number of fused-ring (bicyclic) bond motifs is 1. The van der Waals surface area contributed by atoms with E-state index in [1.165, 1.54) is 23.1 Å². The van der Waals surface area contributed by atoms with Crippen LogP contribution in [0.1, 0.15) is 19.8 Å². The Kier molecular flexibility index (Phi) is 5.59. The first kappa shape index (κ1) is 15.0. The molecule has 0 bridgehead atoms. The fourth-order valence-electron chi connectivity index (χ4n) is 1.47. The number of hydrogen-bond acceptors (Lipinski definition) is 1. The number of hydrogen-bond donors (Lipinski definition) is 0. The van der Waals surface area contributed by atoms with Gasteiger partial charge >= 0.3 is 7.25 Å². The van der Waals surface area contributed by atoms with Crippen molar-refractivity contribution in [3.8, 4) is 0 Å². The molecule has 0 amide bonds. The van der Waals surface area contributed by atoms with Crippen molar-refractivity contribution in [1.82, 2.24) is 0 Å². The zero-order valence-electron chi connectivity index (χ0n) is 9.95. The monoisotopic (exact) mass is 279 g/mol. The molecule has 0 aliphatic heterocycles. The summed E-state index contributed by atoms with van der Waals surface area (Å²) in [5.41, 5.74) is 3.60. The van der Waals surface area contributed by atoms with Gasteiger partial charge in [-0.05, 0) is 6.07 Å². The smallest absolute Gasteiger partial charge is 0.418 e. The van der Waals surface area contributed by atoms with Crippen LogP contribution in [0, 0.1) is 0 Å². The normalized spacial score (nSPS) is 11.2. The Labute approximate surface area is 107 Å². The van der Waals surface area contributed by atoms with Crippen LogP contribution in [0.2, 0.25) is 0 Å². The average molecular weight is 279 g/mol. The van der Waals surface area contributed by atoms with E-state index < -0.39 is 7.25 Å². The van der Waals surface area contributed by atoms with Gasteiger partial charge in [0.1, 0.15) is 11.2 Å². The van der Waals surface area contributed by atoms with Gasteiger partial charge in [-0.2, -0.15) is 4.57 Å². The van der Waals surface area contributed by atoms with Crippen molar-refractivity contribution in [3.05, 3.63) is 29.8 Å². The van der Waals surface area contributed by atoms with Crippen LogP contribution in [0.15, 0.2) is 29.8 Å². The standard InChI is InChI=1S/C11H14NS.BF4/c1-2-3-8-12-9-13-11-7-5-4-6-10(11)12;2-1(3,4)5/h4-7,9H,2-3,8H2,1H3;/q+1;-1. The van der Waals surface area contributed by atoms with Crippen molar-refractivity contribution in [1.29, 1.82) is 0 Å². The van der Waals surface area contributed by atoms with Crippen molar-refractivity contribution >= 4 is 28.8 Å². The molecule has 2 aromatic rings. The van der Waals surface area contributed by atoms with Crippen molar-refractivity contribution in [2.75, 3.05) is 0 Å². The molecule has 0 aliphatic rings. The lowest BCUT2D eigenvalue weighted by atomic mass is 10.3. The summed E-state index contributed by atoms with van der Waals surface area (Å²) in [5, 5.41) is 0. The summed E-state index contributed by atoms with van der Waals surface area (Å²) in [6, 6.07) is 8.59. The number of rotatable bonds is 3. The number of unbranched alkanes of at least 4 members (excludes halogenated alkanes) is 1. The molecule has 100 valence electrons. The first-order valence-corrected chi connectivity index (χ1v) is 6.52. The van der Waals surface area contributed by atoms with Crippen molar-refractivity contribution in [2.45, 2.75) is 26.3 Å². The Morgan fingerprint density at radius 2 is 1.78 bits per heavy atom. The van der Waals surface area contributed by atoms with Crippen LogP contribution in [0.25, 0.3) is 10.2 Å². The summed E-state index contributed by atoms with van der Waals surface area (Å²) >= 11 is 1.83. The van der Waals surface area contributed by atoms with Crippen molar-refractivity contribution in [3.63, 3.8) is 0 Å². The molecule has 0 fully saturated rings. The molecule has 0 atom stereocenters. The fourth-order valence-corrected chi connectivity index (χ4v) is 2.40. The summed E-state index contributed by atoms with van der Waals surface area (Å²) in [4.78, 5) is 0. The van der Waals surface area contributed by atoms with E-state index in [9.17, 15) is 17.3 Å².